The van der Waals surface area contributed by atoms with Crippen molar-refractivity contribution in [2.24, 2.45) is 7.05 Å². The molecule has 0 aliphatic rings. The molecule has 0 spiro atoms. The summed E-state index contributed by atoms with van der Waals surface area (Å²) in [7, 11) is 1.88. The molecule has 0 unspecified atom stereocenters. The Morgan fingerprint density at radius 1 is 0.927 bits per heavy atom. The van der Waals surface area contributed by atoms with E-state index in [0.717, 1.165) is 17.4 Å². The van der Waals surface area contributed by atoms with Crippen molar-refractivity contribution < 1.29 is 27.1 Å². The number of benzene rings is 2. The highest BCUT2D eigenvalue weighted by Crippen LogP contribution is 2.30. The van der Waals surface area contributed by atoms with E-state index in [1.54, 1.807) is 24.5 Å². The Morgan fingerprint density at radius 3 is 2.44 bits per heavy atom. The van der Waals surface area contributed by atoms with Crippen LogP contribution in [0.4, 0.5) is 13.2 Å². The van der Waals surface area contributed by atoms with E-state index in [1.807, 2.05) is 36.0 Å². The second kappa shape index (κ2) is 11.0. The maximum Gasteiger partial charge on any atom is 0.218 e. The summed E-state index contributed by atoms with van der Waals surface area (Å²) in [4.78, 5) is 20.6. The minimum atomic E-state index is -1.03. The summed E-state index contributed by atoms with van der Waals surface area (Å²) in [6, 6.07) is 10.3. The Morgan fingerprint density at radius 2 is 1.71 bits per heavy atom. The van der Waals surface area contributed by atoms with Gasteiger partial charge in [-0.2, -0.15) is 0 Å². The van der Waals surface area contributed by atoms with E-state index < -0.39 is 23.0 Å². The van der Waals surface area contributed by atoms with Gasteiger partial charge in [0, 0.05) is 61.0 Å². The van der Waals surface area contributed by atoms with Gasteiger partial charge in [-0.1, -0.05) is 0 Å². The average Bonchev–Trinajstić information content (AvgIpc) is 3.70. The first kappa shape index (κ1) is 25.9. The highest BCUT2D eigenvalue weighted by molar-refractivity contribution is 5.76. The lowest BCUT2D eigenvalue weighted by Crippen LogP contribution is -2.03. The molecule has 0 saturated heterocycles. The van der Waals surface area contributed by atoms with E-state index in [0.29, 0.717) is 46.4 Å². The normalized spacial score (nSPS) is 11.5. The second-order valence-electron chi connectivity index (χ2n) is 8.98. The van der Waals surface area contributed by atoms with Crippen LogP contribution in [0.15, 0.2) is 71.7 Å². The molecule has 0 bridgehead atoms. The zero-order chi connectivity index (χ0) is 28.3. The number of imidazole rings is 2. The standard InChI is InChI=1S/C29H21F3N6O3/c1-38-8-7-33-26(38)16-40-21-10-17(28-36-25-3-2-6-34-29(25)37-28)9-20(13-21)39-14-19-15-41-27(35-19)5-4-22-23(31)11-18(30)12-24(22)32/h2-13,15H,14,16H2,1H3,(H,34,36,37)/b5-4+. The van der Waals surface area contributed by atoms with Crippen LogP contribution in [0, 0.1) is 17.5 Å². The lowest BCUT2D eigenvalue weighted by molar-refractivity contribution is 0.280. The van der Waals surface area contributed by atoms with Gasteiger partial charge in [-0.25, -0.2) is 33.1 Å². The lowest BCUT2D eigenvalue weighted by Gasteiger charge is -2.11. The van der Waals surface area contributed by atoms with E-state index in [2.05, 4.69) is 24.9 Å². The van der Waals surface area contributed by atoms with Crippen LogP contribution in [-0.2, 0) is 20.3 Å². The number of nitrogens with one attached hydrogen (secondary N) is 1. The number of aryl methyl sites for hydroxylation is 1. The third-order valence-corrected chi connectivity index (χ3v) is 6.09. The molecule has 4 aromatic heterocycles. The van der Waals surface area contributed by atoms with Gasteiger partial charge in [-0.05, 0) is 30.3 Å². The van der Waals surface area contributed by atoms with Crippen LogP contribution < -0.4 is 9.47 Å². The molecule has 1 N–H and O–H groups in total. The monoisotopic (exact) mass is 558 g/mol. The average molecular weight is 559 g/mol. The number of nitrogens with zero attached hydrogens (tertiary/aromatic N) is 5. The van der Waals surface area contributed by atoms with Crippen molar-refractivity contribution in [3.8, 4) is 22.9 Å². The number of fused-ring (bicyclic) bond motifs is 1. The van der Waals surface area contributed by atoms with Crippen LogP contribution in [0.25, 0.3) is 34.7 Å². The molecule has 0 atom stereocenters. The fourth-order valence-electron chi connectivity index (χ4n) is 4.03. The van der Waals surface area contributed by atoms with Crippen LogP contribution in [0.1, 0.15) is 23.0 Å². The first-order valence-electron chi connectivity index (χ1n) is 12.4. The molecule has 6 aromatic rings. The molecule has 0 saturated carbocycles. The van der Waals surface area contributed by atoms with Gasteiger partial charge < -0.3 is 23.4 Å². The van der Waals surface area contributed by atoms with Gasteiger partial charge in [0.25, 0.3) is 0 Å². The number of aromatic nitrogens is 6. The van der Waals surface area contributed by atoms with Crippen LogP contribution in [0.3, 0.4) is 0 Å². The zero-order valence-electron chi connectivity index (χ0n) is 21.5. The Bertz CT molecular complexity index is 1820. The number of hydrogen-bond acceptors (Lipinski definition) is 7. The minimum Gasteiger partial charge on any atom is -0.487 e. The molecule has 2 aromatic carbocycles. The Hall–Kier alpha value is -5.39. The first-order valence-corrected chi connectivity index (χ1v) is 12.4. The Kier molecular flexibility index (Phi) is 6.94. The molecule has 41 heavy (non-hydrogen) atoms. The molecule has 0 radical (unpaired) electrons. The number of hydrogen-bond donors (Lipinski definition) is 1. The van der Waals surface area contributed by atoms with Crippen LogP contribution in [0.5, 0.6) is 11.5 Å². The summed E-state index contributed by atoms with van der Waals surface area (Å²) in [5.41, 5.74) is 2.10. The van der Waals surface area contributed by atoms with Crippen molar-refractivity contribution in [1.82, 2.24) is 29.5 Å². The maximum atomic E-state index is 13.9. The largest absolute Gasteiger partial charge is 0.487 e. The van der Waals surface area contributed by atoms with Crippen molar-refractivity contribution in [2.75, 3.05) is 0 Å². The molecule has 0 aliphatic carbocycles. The van der Waals surface area contributed by atoms with E-state index in [1.165, 1.54) is 12.3 Å². The van der Waals surface area contributed by atoms with E-state index in [-0.39, 0.29) is 19.1 Å². The first-order chi connectivity index (χ1) is 19.9. The lowest BCUT2D eigenvalue weighted by atomic mass is 10.2. The van der Waals surface area contributed by atoms with Gasteiger partial charge in [0.1, 0.15) is 65.8 Å². The van der Waals surface area contributed by atoms with Crippen molar-refractivity contribution in [2.45, 2.75) is 13.2 Å². The van der Waals surface area contributed by atoms with Crippen LogP contribution in [-0.4, -0.2) is 29.5 Å². The third kappa shape index (κ3) is 5.81. The molecular formula is C29H21F3N6O3. The van der Waals surface area contributed by atoms with E-state index in [4.69, 9.17) is 13.9 Å². The highest BCUT2D eigenvalue weighted by Gasteiger charge is 2.13. The molecule has 4 heterocycles. The number of H-pyrrole nitrogens is 1. The Balaban J connectivity index is 1.21. The summed E-state index contributed by atoms with van der Waals surface area (Å²) in [6.45, 7) is 0.267. The van der Waals surface area contributed by atoms with Gasteiger partial charge in [0.15, 0.2) is 5.65 Å². The summed E-state index contributed by atoms with van der Waals surface area (Å²) >= 11 is 0. The van der Waals surface area contributed by atoms with Crippen LogP contribution >= 0.6 is 0 Å². The minimum absolute atomic E-state index is 0.0283. The molecule has 12 heteroatoms. The summed E-state index contributed by atoms with van der Waals surface area (Å²) < 4.78 is 60.2. The number of ether oxygens (including phenoxy) is 2. The van der Waals surface area contributed by atoms with Gasteiger partial charge in [-0.15, -0.1) is 0 Å². The number of oxazole rings is 1. The number of halogens is 3. The maximum absolute atomic E-state index is 13.9. The fraction of sp³-hybridized carbons (Fsp3) is 0.103. The molecule has 6 rings (SSSR count). The molecular weight excluding hydrogens is 537 g/mol. The zero-order valence-corrected chi connectivity index (χ0v) is 21.5. The number of aromatic amines is 1. The quantitative estimate of drug-likeness (QED) is 0.229. The van der Waals surface area contributed by atoms with E-state index >= 15 is 0 Å². The summed E-state index contributed by atoms with van der Waals surface area (Å²) in [5.74, 6) is -0.644. The van der Waals surface area contributed by atoms with Gasteiger partial charge in [0.05, 0.1) is 5.52 Å². The van der Waals surface area contributed by atoms with Crippen molar-refractivity contribution >= 4 is 23.3 Å². The van der Waals surface area contributed by atoms with Crippen LogP contribution in [0.2, 0.25) is 0 Å². The topological polar surface area (TPSA) is 104 Å². The number of rotatable bonds is 9. The van der Waals surface area contributed by atoms with Gasteiger partial charge in [0.2, 0.25) is 5.89 Å². The SMILES string of the molecule is Cn1ccnc1COc1cc(OCc2coc(/C=C/c3c(F)cc(F)cc3F)n2)cc(-c2nc3ncccc3[nH]2)c1. The number of pyridine rings is 1. The predicted molar refractivity (Wildman–Crippen MR) is 143 cm³/mol. The summed E-state index contributed by atoms with van der Waals surface area (Å²) in [5, 5.41) is 0. The third-order valence-electron chi connectivity index (χ3n) is 6.09. The second-order valence-corrected chi connectivity index (χ2v) is 8.98. The smallest absolute Gasteiger partial charge is 0.218 e. The fourth-order valence-corrected chi connectivity index (χ4v) is 4.03. The summed E-state index contributed by atoms with van der Waals surface area (Å²) in [6.07, 6.45) is 8.96. The van der Waals surface area contributed by atoms with Crippen molar-refractivity contribution in [3.05, 3.63) is 108 Å². The molecule has 206 valence electrons. The van der Waals surface area contributed by atoms with E-state index in [9.17, 15) is 13.2 Å². The van der Waals surface area contributed by atoms with Crippen molar-refractivity contribution in [3.63, 3.8) is 0 Å². The van der Waals surface area contributed by atoms with Crippen molar-refractivity contribution in [1.29, 1.82) is 0 Å². The highest BCUT2D eigenvalue weighted by atomic mass is 19.1. The molecule has 0 amide bonds. The van der Waals surface area contributed by atoms with Gasteiger partial charge in [-0.3, -0.25) is 0 Å². The van der Waals surface area contributed by atoms with Gasteiger partial charge >= 0.3 is 0 Å². The molecule has 9 nitrogen and oxygen atoms in total. The predicted octanol–water partition coefficient (Wildman–Crippen LogP) is 6.09. The Labute approximate surface area is 231 Å². The molecule has 0 fully saturated rings. The molecule has 0 aliphatic heterocycles.